The van der Waals surface area contributed by atoms with Crippen molar-refractivity contribution in [2.45, 2.75) is 6.54 Å². The van der Waals surface area contributed by atoms with Gasteiger partial charge in [-0.05, 0) is 24.3 Å². The van der Waals surface area contributed by atoms with Crippen molar-refractivity contribution in [2.75, 3.05) is 0 Å². The van der Waals surface area contributed by atoms with Crippen LogP contribution in [0, 0.1) is 0 Å². The predicted octanol–water partition coefficient (Wildman–Crippen LogP) is 2.39. The maximum Gasteiger partial charge on any atom is 0.415 e. The minimum absolute atomic E-state index is 0.391. The van der Waals surface area contributed by atoms with Crippen molar-refractivity contribution in [1.29, 1.82) is 0 Å². The molecule has 0 aliphatic carbocycles. The largest absolute Gasteiger partial charge is 0.464 e. The fourth-order valence-corrected chi connectivity index (χ4v) is 2.47. The fraction of sp³-hybridized carbons (Fsp3) is 0.0625. The van der Waals surface area contributed by atoms with E-state index < -0.39 is 6.09 Å². The zero-order chi connectivity index (χ0) is 17.2. The van der Waals surface area contributed by atoms with Crippen LogP contribution in [0.2, 0.25) is 0 Å². The summed E-state index contributed by atoms with van der Waals surface area (Å²) in [4.78, 5) is 19.4. The lowest BCUT2D eigenvalue weighted by atomic mass is 10.2. The van der Waals surface area contributed by atoms with E-state index in [0.717, 1.165) is 15.6 Å². The van der Waals surface area contributed by atoms with Gasteiger partial charge in [0.05, 0.1) is 24.0 Å². The Morgan fingerprint density at radius 3 is 2.88 bits per heavy atom. The van der Waals surface area contributed by atoms with Crippen LogP contribution in [-0.4, -0.2) is 40.7 Å². The number of aromatic nitrogens is 6. The van der Waals surface area contributed by atoms with Crippen molar-refractivity contribution < 1.29 is 14.6 Å². The van der Waals surface area contributed by atoms with E-state index >= 15 is 0 Å². The highest BCUT2D eigenvalue weighted by atomic mass is 16.5. The second-order valence-electron chi connectivity index (χ2n) is 5.24. The average Bonchev–Trinajstić information content (AvgIpc) is 3.24. The van der Waals surface area contributed by atoms with Crippen molar-refractivity contribution >= 4 is 17.0 Å². The first-order valence-corrected chi connectivity index (χ1v) is 7.36. The quantitative estimate of drug-likeness (QED) is 0.609. The summed E-state index contributed by atoms with van der Waals surface area (Å²) in [5.41, 5.74) is 1.32. The molecule has 0 aliphatic heterocycles. The van der Waals surface area contributed by atoms with Gasteiger partial charge >= 0.3 is 6.09 Å². The molecule has 0 atom stereocenters. The van der Waals surface area contributed by atoms with Crippen molar-refractivity contribution in [3.05, 3.63) is 60.9 Å². The first-order valence-electron chi connectivity index (χ1n) is 7.36. The molecule has 4 aromatic rings. The molecule has 0 spiro atoms. The van der Waals surface area contributed by atoms with Gasteiger partial charge in [0.15, 0.2) is 0 Å². The Labute approximate surface area is 141 Å². The zero-order valence-corrected chi connectivity index (χ0v) is 12.9. The molecule has 9 heteroatoms. The molecule has 0 unspecified atom stereocenters. The summed E-state index contributed by atoms with van der Waals surface area (Å²) in [6.45, 7) is 0.458. The van der Waals surface area contributed by atoms with Gasteiger partial charge in [-0.3, -0.25) is 4.57 Å². The van der Waals surface area contributed by atoms with Gasteiger partial charge in [-0.1, -0.05) is 5.21 Å². The van der Waals surface area contributed by atoms with Crippen LogP contribution < -0.4 is 4.74 Å². The summed E-state index contributed by atoms with van der Waals surface area (Å²) in [6.07, 6.45) is 5.22. The van der Waals surface area contributed by atoms with Gasteiger partial charge in [0.25, 0.3) is 0 Å². The molecule has 0 bridgehead atoms. The van der Waals surface area contributed by atoms with Crippen molar-refractivity contribution in [1.82, 2.24) is 29.5 Å². The summed E-state index contributed by atoms with van der Waals surface area (Å²) >= 11 is 0. The lowest BCUT2D eigenvalue weighted by Gasteiger charge is -2.07. The highest BCUT2D eigenvalue weighted by Gasteiger charge is 2.09. The van der Waals surface area contributed by atoms with Crippen LogP contribution in [0.3, 0.4) is 0 Å². The first-order chi connectivity index (χ1) is 12.2. The Bertz CT molecular complexity index is 1040. The van der Waals surface area contributed by atoms with Crippen LogP contribution in [0.1, 0.15) is 5.69 Å². The van der Waals surface area contributed by atoms with Crippen LogP contribution in [0.4, 0.5) is 4.79 Å². The Hall–Kier alpha value is -3.75. The zero-order valence-electron chi connectivity index (χ0n) is 12.9. The lowest BCUT2D eigenvalue weighted by molar-refractivity contribution is 0.197. The van der Waals surface area contributed by atoms with Crippen LogP contribution in [0.5, 0.6) is 11.6 Å². The molecule has 0 radical (unpaired) electrons. The van der Waals surface area contributed by atoms with Gasteiger partial charge in [-0.15, -0.1) is 5.10 Å². The standard InChI is InChI=1S/C16H12N6O3/c23-16(24)22-5-3-11-7-13(1-2-14(11)22)25-15-8-12(17-10-18-15)9-21-6-4-19-20-21/h1-8,10H,9H2,(H,23,24). The van der Waals surface area contributed by atoms with E-state index in [1.165, 1.54) is 12.5 Å². The number of fused-ring (bicyclic) bond motifs is 1. The van der Waals surface area contributed by atoms with Gasteiger partial charge in [0.2, 0.25) is 5.88 Å². The molecule has 124 valence electrons. The van der Waals surface area contributed by atoms with E-state index in [1.807, 2.05) is 0 Å². The molecule has 1 N–H and O–H groups in total. The third-order valence-electron chi connectivity index (χ3n) is 3.58. The minimum Gasteiger partial charge on any atom is -0.464 e. The third-order valence-corrected chi connectivity index (χ3v) is 3.58. The summed E-state index contributed by atoms with van der Waals surface area (Å²) < 4.78 is 8.56. The van der Waals surface area contributed by atoms with Gasteiger partial charge < -0.3 is 9.84 Å². The highest BCUT2D eigenvalue weighted by molar-refractivity contribution is 5.89. The number of nitrogens with zero attached hydrogens (tertiary/aromatic N) is 6. The van der Waals surface area contributed by atoms with Gasteiger partial charge in [0, 0.05) is 23.8 Å². The lowest BCUT2D eigenvalue weighted by Crippen LogP contribution is -2.05. The highest BCUT2D eigenvalue weighted by Crippen LogP contribution is 2.25. The first kappa shape index (κ1) is 14.8. The van der Waals surface area contributed by atoms with Crippen molar-refractivity contribution in [2.24, 2.45) is 0 Å². The molecule has 0 saturated heterocycles. The van der Waals surface area contributed by atoms with Crippen molar-refractivity contribution in [3.63, 3.8) is 0 Å². The van der Waals surface area contributed by atoms with E-state index in [1.54, 1.807) is 47.4 Å². The summed E-state index contributed by atoms with van der Waals surface area (Å²) in [5, 5.41) is 17.5. The van der Waals surface area contributed by atoms with Crippen LogP contribution >= 0.6 is 0 Å². The Morgan fingerprint density at radius 2 is 2.08 bits per heavy atom. The molecule has 3 aromatic heterocycles. The number of rotatable bonds is 4. The Balaban J connectivity index is 1.57. The monoisotopic (exact) mass is 336 g/mol. The van der Waals surface area contributed by atoms with Crippen LogP contribution in [-0.2, 0) is 6.54 Å². The predicted molar refractivity (Wildman–Crippen MR) is 86.6 cm³/mol. The Morgan fingerprint density at radius 1 is 1.16 bits per heavy atom. The van der Waals surface area contributed by atoms with E-state index in [2.05, 4.69) is 20.3 Å². The number of hydrogen-bond acceptors (Lipinski definition) is 6. The van der Waals surface area contributed by atoms with Crippen LogP contribution in [0.25, 0.3) is 10.9 Å². The Kier molecular flexibility index (Phi) is 3.58. The number of carbonyl (C=O) groups is 1. The second kappa shape index (κ2) is 6.04. The smallest absolute Gasteiger partial charge is 0.415 e. The topological polar surface area (TPSA) is 108 Å². The maximum absolute atomic E-state index is 11.1. The number of ether oxygens (including phenoxy) is 1. The molecular formula is C16H12N6O3. The summed E-state index contributed by atoms with van der Waals surface area (Å²) in [7, 11) is 0. The molecule has 4 rings (SSSR count). The van der Waals surface area contributed by atoms with Crippen LogP contribution in [0.15, 0.2) is 55.2 Å². The second-order valence-corrected chi connectivity index (χ2v) is 5.24. The van der Waals surface area contributed by atoms with E-state index in [9.17, 15) is 4.79 Å². The van der Waals surface area contributed by atoms with E-state index in [0.29, 0.717) is 23.7 Å². The molecule has 0 fully saturated rings. The molecule has 1 aromatic carbocycles. The molecule has 0 aliphatic rings. The number of hydrogen-bond donors (Lipinski definition) is 1. The van der Waals surface area contributed by atoms with E-state index in [-0.39, 0.29) is 0 Å². The van der Waals surface area contributed by atoms with E-state index in [4.69, 9.17) is 9.84 Å². The maximum atomic E-state index is 11.1. The fourth-order valence-electron chi connectivity index (χ4n) is 2.47. The van der Waals surface area contributed by atoms with Gasteiger partial charge in [-0.25, -0.2) is 19.4 Å². The summed E-state index contributed by atoms with van der Waals surface area (Å²) in [6, 6.07) is 8.58. The normalized spacial score (nSPS) is 10.9. The molecular weight excluding hydrogens is 324 g/mol. The summed E-state index contributed by atoms with van der Waals surface area (Å²) in [5.74, 6) is 0.947. The third kappa shape index (κ3) is 3.02. The molecule has 25 heavy (non-hydrogen) atoms. The number of carboxylic acid groups (broad SMARTS) is 1. The minimum atomic E-state index is -1.03. The van der Waals surface area contributed by atoms with Crippen molar-refractivity contribution in [3.8, 4) is 11.6 Å². The molecule has 9 nitrogen and oxygen atoms in total. The SMILES string of the molecule is O=C(O)n1ccc2cc(Oc3cc(Cn4ccnn4)ncn3)ccc21. The average molecular weight is 336 g/mol. The van der Waals surface area contributed by atoms with Gasteiger partial charge in [0.1, 0.15) is 12.1 Å². The van der Waals surface area contributed by atoms with Gasteiger partial charge in [-0.2, -0.15) is 0 Å². The number of benzene rings is 1. The molecule has 0 saturated carbocycles. The molecule has 3 heterocycles. The molecule has 0 amide bonds.